The Morgan fingerprint density at radius 3 is 2.58 bits per heavy atom. The van der Waals surface area contributed by atoms with Crippen LogP contribution in [0.5, 0.6) is 5.75 Å². The van der Waals surface area contributed by atoms with Crippen molar-refractivity contribution in [1.29, 1.82) is 0 Å². The molecule has 0 radical (unpaired) electrons. The van der Waals surface area contributed by atoms with E-state index < -0.39 is 0 Å². The van der Waals surface area contributed by atoms with Crippen LogP contribution in [0.1, 0.15) is 26.7 Å². The van der Waals surface area contributed by atoms with Crippen LogP contribution in [-0.4, -0.2) is 35.1 Å². The Kier molecular flexibility index (Phi) is 5.93. The number of nitrogens with zero attached hydrogens (tertiary/aromatic N) is 3. The van der Waals surface area contributed by atoms with Crippen LogP contribution in [0.25, 0.3) is 0 Å². The van der Waals surface area contributed by atoms with E-state index in [9.17, 15) is 4.79 Å². The Bertz CT molecular complexity index is 746. The molecule has 6 nitrogen and oxygen atoms in total. The summed E-state index contributed by atoms with van der Waals surface area (Å²) in [5.41, 5.74) is 0.685. The van der Waals surface area contributed by atoms with Gasteiger partial charge in [0, 0.05) is 37.1 Å². The summed E-state index contributed by atoms with van der Waals surface area (Å²) in [7, 11) is 0. The first-order chi connectivity index (χ1) is 12.5. The lowest BCUT2D eigenvalue weighted by molar-refractivity contribution is -0.120. The van der Waals surface area contributed by atoms with Gasteiger partial charge in [-0.3, -0.25) is 4.79 Å². The zero-order valence-corrected chi connectivity index (χ0v) is 15.7. The van der Waals surface area contributed by atoms with Crippen molar-refractivity contribution in [2.75, 3.05) is 23.3 Å². The molecule has 1 fully saturated rings. The molecule has 1 aromatic carbocycles. The molecule has 0 aliphatic carbocycles. The number of piperidine rings is 1. The SMILES string of the molecule is CC(C)Oc1ccc(NC(=O)C2CCN(c3ncccn3)CC2)cc1Cl. The number of benzene rings is 1. The summed E-state index contributed by atoms with van der Waals surface area (Å²) < 4.78 is 5.61. The Morgan fingerprint density at radius 1 is 1.27 bits per heavy atom. The summed E-state index contributed by atoms with van der Waals surface area (Å²) >= 11 is 6.23. The van der Waals surface area contributed by atoms with E-state index in [1.807, 2.05) is 19.9 Å². The highest BCUT2D eigenvalue weighted by Gasteiger charge is 2.26. The van der Waals surface area contributed by atoms with Crippen LogP contribution in [0, 0.1) is 5.92 Å². The number of aromatic nitrogens is 2. The minimum Gasteiger partial charge on any atom is -0.489 e. The summed E-state index contributed by atoms with van der Waals surface area (Å²) in [6.45, 7) is 5.42. The molecule has 0 spiro atoms. The maximum Gasteiger partial charge on any atom is 0.227 e. The first-order valence-corrected chi connectivity index (χ1v) is 9.20. The van der Waals surface area contributed by atoms with Gasteiger partial charge < -0.3 is 15.0 Å². The predicted molar refractivity (Wildman–Crippen MR) is 103 cm³/mol. The molecule has 1 amide bonds. The number of hydrogen-bond acceptors (Lipinski definition) is 5. The molecule has 0 atom stereocenters. The Labute approximate surface area is 158 Å². The number of carbonyl (C=O) groups is 1. The molecule has 2 heterocycles. The van der Waals surface area contributed by atoms with E-state index in [4.69, 9.17) is 16.3 Å². The molecule has 0 saturated carbocycles. The average Bonchev–Trinajstić information content (AvgIpc) is 2.64. The van der Waals surface area contributed by atoms with E-state index in [0.29, 0.717) is 16.5 Å². The van der Waals surface area contributed by atoms with E-state index in [1.165, 1.54) is 0 Å². The molecule has 138 valence electrons. The smallest absolute Gasteiger partial charge is 0.227 e. The van der Waals surface area contributed by atoms with Crippen molar-refractivity contribution < 1.29 is 9.53 Å². The minimum absolute atomic E-state index is 0.0206. The fourth-order valence-corrected chi connectivity index (χ4v) is 3.19. The maximum atomic E-state index is 12.5. The van der Waals surface area contributed by atoms with E-state index in [2.05, 4.69) is 20.2 Å². The lowest BCUT2D eigenvalue weighted by Gasteiger charge is -2.31. The van der Waals surface area contributed by atoms with Crippen molar-refractivity contribution in [2.24, 2.45) is 5.92 Å². The van der Waals surface area contributed by atoms with Crippen LogP contribution in [0.3, 0.4) is 0 Å². The first kappa shape index (κ1) is 18.5. The molecule has 1 aliphatic rings. The van der Waals surface area contributed by atoms with Gasteiger partial charge in [-0.2, -0.15) is 0 Å². The minimum atomic E-state index is -0.0275. The van der Waals surface area contributed by atoms with Gasteiger partial charge in [-0.1, -0.05) is 11.6 Å². The standard InChI is InChI=1S/C19H23ClN4O2/c1-13(2)26-17-5-4-15(12-16(17)20)23-18(25)14-6-10-24(11-7-14)19-21-8-3-9-22-19/h3-5,8-9,12-14H,6-7,10-11H2,1-2H3,(H,23,25). The Balaban J connectivity index is 1.55. The number of carbonyl (C=O) groups excluding carboxylic acids is 1. The summed E-state index contributed by atoms with van der Waals surface area (Å²) in [6.07, 6.45) is 5.06. The third kappa shape index (κ3) is 4.64. The van der Waals surface area contributed by atoms with Gasteiger partial charge in [0.15, 0.2) is 0 Å². The number of rotatable bonds is 5. The molecule has 2 aromatic rings. The quantitative estimate of drug-likeness (QED) is 0.862. The molecular formula is C19H23ClN4O2. The van der Waals surface area contributed by atoms with Crippen LogP contribution in [0.4, 0.5) is 11.6 Å². The van der Waals surface area contributed by atoms with Crippen LogP contribution < -0.4 is 15.0 Å². The fraction of sp³-hybridized carbons (Fsp3) is 0.421. The van der Waals surface area contributed by atoms with Crippen LogP contribution in [0.15, 0.2) is 36.7 Å². The van der Waals surface area contributed by atoms with Gasteiger partial charge in [-0.25, -0.2) is 9.97 Å². The molecule has 0 bridgehead atoms. The second kappa shape index (κ2) is 8.36. The molecule has 26 heavy (non-hydrogen) atoms. The van der Waals surface area contributed by atoms with Crippen molar-refractivity contribution in [3.8, 4) is 5.75 Å². The van der Waals surface area contributed by atoms with Gasteiger partial charge in [-0.05, 0) is 51.0 Å². The lowest BCUT2D eigenvalue weighted by Crippen LogP contribution is -2.39. The molecule has 1 N–H and O–H groups in total. The Morgan fingerprint density at radius 2 is 1.96 bits per heavy atom. The third-order valence-corrected chi connectivity index (χ3v) is 4.56. The highest BCUT2D eigenvalue weighted by Crippen LogP contribution is 2.29. The molecule has 7 heteroatoms. The van der Waals surface area contributed by atoms with E-state index in [1.54, 1.807) is 30.6 Å². The zero-order chi connectivity index (χ0) is 18.5. The van der Waals surface area contributed by atoms with Crippen LogP contribution >= 0.6 is 11.6 Å². The van der Waals surface area contributed by atoms with Gasteiger partial charge in [0.05, 0.1) is 11.1 Å². The fourth-order valence-electron chi connectivity index (χ4n) is 2.97. The highest BCUT2D eigenvalue weighted by molar-refractivity contribution is 6.32. The number of ether oxygens (including phenoxy) is 1. The monoisotopic (exact) mass is 374 g/mol. The van der Waals surface area contributed by atoms with Crippen LogP contribution in [0.2, 0.25) is 5.02 Å². The first-order valence-electron chi connectivity index (χ1n) is 8.82. The van der Waals surface area contributed by atoms with E-state index in [-0.39, 0.29) is 17.9 Å². The summed E-state index contributed by atoms with van der Waals surface area (Å²) in [6, 6.07) is 7.12. The van der Waals surface area contributed by atoms with E-state index >= 15 is 0 Å². The van der Waals surface area contributed by atoms with E-state index in [0.717, 1.165) is 31.9 Å². The van der Waals surface area contributed by atoms with Crippen LogP contribution in [-0.2, 0) is 4.79 Å². The van der Waals surface area contributed by atoms with Gasteiger partial charge in [0.25, 0.3) is 0 Å². The molecule has 1 aromatic heterocycles. The summed E-state index contributed by atoms with van der Waals surface area (Å²) in [5.74, 6) is 1.34. The second-order valence-electron chi connectivity index (χ2n) is 6.61. The number of anilines is 2. The van der Waals surface area contributed by atoms with Crippen molar-refractivity contribution in [3.63, 3.8) is 0 Å². The maximum absolute atomic E-state index is 12.5. The number of nitrogens with one attached hydrogen (secondary N) is 1. The molecule has 0 unspecified atom stereocenters. The van der Waals surface area contributed by atoms with Crippen molar-refractivity contribution in [1.82, 2.24) is 9.97 Å². The third-order valence-electron chi connectivity index (χ3n) is 4.26. The average molecular weight is 375 g/mol. The number of amides is 1. The normalized spacial score (nSPS) is 15.2. The zero-order valence-electron chi connectivity index (χ0n) is 15.0. The van der Waals surface area contributed by atoms with Crippen molar-refractivity contribution >= 4 is 29.1 Å². The molecule has 1 saturated heterocycles. The van der Waals surface area contributed by atoms with Crippen molar-refractivity contribution in [2.45, 2.75) is 32.8 Å². The molecular weight excluding hydrogens is 352 g/mol. The number of hydrogen-bond donors (Lipinski definition) is 1. The predicted octanol–water partition coefficient (Wildman–Crippen LogP) is 3.77. The second-order valence-corrected chi connectivity index (χ2v) is 7.02. The van der Waals surface area contributed by atoms with Gasteiger partial charge in [0.1, 0.15) is 5.75 Å². The van der Waals surface area contributed by atoms with Crippen molar-refractivity contribution in [3.05, 3.63) is 41.7 Å². The molecule has 3 rings (SSSR count). The number of halogens is 1. The summed E-state index contributed by atoms with van der Waals surface area (Å²) in [4.78, 5) is 23.2. The van der Waals surface area contributed by atoms with Gasteiger partial charge >= 0.3 is 0 Å². The van der Waals surface area contributed by atoms with Gasteiger partial charge in [0.2, 0.25) is 11.9 Å². The topological polar surface area (TPSA) is 67.3 Å². The molecule has 1 aliphatic heterocycles. The highest BCUT2D eigenvalue weighted by atomic mass is 35.5. The largest absolute Gasteiger partial charge is 0.489 e. The lowest BCUT2D eigenvalue weighted by atomic mass is 9.96. The van der Waals surface area contributed by atoms with Gasteiger partial charge in [-0.15, -0.1) is 0 Å². The summed E-state index contributed by atoms with van der Waals surface area (Å²) in [5, 5.41) is 3.45. The Hall–Kier alpha value is -2.34.